The summed E-state index contributed by atoms with van der Waals surface area (Å²) in [5.41, 5.74) is -0.633. The number of aliphatic imine (C=N–C) groups is 1. The quantitative estimate of drug-likeness (QED) is 0.353. The summed E-state index contributed by atoms with van der Waals surface area (Å²) < 4.78 is 0. The van der Waals surface area contributed by atoms with E-state index < -0.39 is 5.60 Å². The van der Waals surface area contributed by atoms with Crippen LogP contribution in [0.15, 0.2) is 4.99 Å². The van der Waals surface area contributed by atoms with Crippen LogP contribution in [0.3, 0.4) is 0 Å². The molecule has 5 heteroatoms. The van der Waals surface area contributed by atoms with Gasteiger partial charge in [0.2, 0.25) is 6.19 Å². The van der Waals surface area contributed by atoms with Crippen LogP contribution in [0.1, 0.15) is 13.3 Å². The maximum absolute atomic E-state index is 9.69. The van der Waals surface area contributed by atoms with Gasteiger partial charge in [0.25, 0.3) is 0 Å². The average Bonchev–Trinajstić information content (AvgIpc) is 2.42. The number of likely N-dealkylation sites (tertiary alicyclic amines) is 1. The van der Waals surface area contributed by atoms with Crippen LogP contribution in [0, 0.1) is 11.5 Å². The first-order valence-electron chi connectivity index (χ1n) is 4.07. The topological polar surface area (TPSA) is 59.6 Å². The van der Waals surface area contributed by atoms with Crippen molar-refractivity contribution in [1.29, 1.82) is 5.26 Å². The van der Waals surface area contributed by atoms with E-state index in [1.165, 1.54) is 11.8 Å². The van der Waals surface area contributed by atoms with Gasteiger partial charge in [0.1, 0.15) is 0 Å². The molecule has 0 aromatic carbocycles. The maximum Gasteiger partial charge on any atom is 0.208 e. The van der Waals surface area contributed by atoms with Crippen molar-refractivity contribution in [3.05, 3.63) is 0 Å². The maximum atomic E-state index is 9.69. The zero-order chi connectivity index (χ0) is 9.90. The summed E-state index contributed by atoms with van der Waals surface area (Å²) in [6.07, 6.45) is 4.38. The Morgan fingerprint density at radius 3 is 2.85 bits per heavy atom. The molecule has 0 aromatic heterocycles. The highest BCUT2D eigenvalue weighted by molar-refractivity contribution is 8.13. The number of hydrogen-bond acceptors (Lipinski definition) is 4. The Balaban J connectivity index is 2.65. The summed E-state index contributed by atoms with van der Waals surface area (Å²) in [6, 6.07) is 0. The monoisotopic (exact) mass is 199 g/mol. The van der Waals surface area contributed by atoms with E-state index in [0.29, 0.717) is 11.7 Å². The third-order valence-electron chi connectivity index (χ3n) is 2.05. The fourth-order valence-corrected chi connectivity index (χ4v) is 1.94. The van der Waals surface area contributed by atoms with Crippen molar-refractivity contribution in [3.8, 4) is 6.19 Å². The molecule has 0 spiro atoms. The van der Waals surface area contributed by atoms with Crippen LogP contribution in [-0.4, -0.2) is 40.1 Å². The third kappa shape index (κ3) is 2.61. The van der Waals surface area contributed by atoms with Crippen molar-refractivity contribution in [2.45, 2.75) is 18.9 Å². The Labute approximate surface area is 82.3 Å². The van der Waals surface area contributed by atoms with Crippen molar-refractivity contribution in [2.75, 3.05) is 19.3 Å². The van der Waals surface area contributed by atoms with Gasteiger partial charge in [-0.3, -0.25) is 0 Å². The molecule has 0 bridgehead atoms. The molecule has 0 amide bonds. The molecule has 72 valence electrons. The number of nitriles is 1. The molecule has 1 unspecified atom stereocenters. The van der Waals surface area contributed by atoms with Crippen LogP contribution in [0.5, 0.6) is 0 Å². The van der Waals surface area contributed by atoms with E-state index in [0.717, 1.165) is 13.0 Å². The zero-order valence-electron chi connectivity index (χ0n) is 7.82. The van der Waals surface area contributed by atoms with Gasteiger partial charge < -0.3 is 10.0 Å². The first-order valence-corrected chi connectivity index (χ1v) is 5.29. The molecular formula is C8H13N3OS. The fraction of sp³-hybridized carbons (Fsp3) is 0.750. The van der Waals surface area contributed by atoms with E-state index in [1.54, 1.807) is 13.1 Å². The first kappa shape index (κ1) is 10.4. The Hall–Kier alpha value is -0.730. The second kappa shape index (κ2) is 3.99. The lowest BCUT2D eigenvalue weighted by Gasteiger charge is -2.19. The minimum Gasteiger partial charge on any atom is -0.388 e. The summed E-state index contributed by atoms with van der Waals surface area (Å²) in [4.78, 5) is 5.63. The molecule has 1 fully saturated rings. The summed E-state index contributed by atoms with van der Waals surface area (Å²) in [7, 11) is 0. The normalized spacial score (nSPS) is 29.1. The molecule has 0 radical (unpaired) electrons. The molecule has 0 aliphatic carbocycles. The molecule has 1 heterocycles. The van der Waals surface area contributed by atoms with Crippen LogP contribution in [-0.2, 0) is 0 Å². The third-order valence-corrected chi connectivity index (χ3v) is 2.77. The molecule has 0 saturated carbocycles. The summed E-state index contributed by atoms with van der Waals surface area (Å²) >= 11 is 1.43. The number of rotatable bonds is 0. The summed E-state index contributed by atoms with van der Waals surface area (Å²) in [5.74, 6) is 0. The fourth-order valence-electron chi connectivity index (χ4n) is 1.40. The predicted molar refractivity (Wildman–Crippen MR) is 53.4 cm³/mol. The summed E-state index contributed by atoms with van der Waals surface area (Å²) in [5, 5.41) is 18.8. The Morgan fingerprint density at radius 2 is 2.46 bits per heavy atom. The van der Waals surface area contributed by atoms with E-state index in [-0.39, 0.29) is 0 Å². The van der Waals surface area contributed by atoms with Gasteiger partial charge >= 0.3 is 0 Å². The number of β-amino-alcohol motifs (C(OH)–C–C–N with tert-alkyl or cyclic N) is 1. The van der Waals surface area contributed by atoms with Gasteiger partial charge in [-0.15, -0.1) is 4.99 Å². The average molecular weight is 199 g/mol. The highest BCUT2D eigenvalue weighted by Gasteiger charge is 2.32. The minimum atomic E-state index is -0.633. The van der Waals surface area contributed by atoms with Crippen LogP contribution >= 0.6 is 11.8 Å². The standard InChI is InChI=1S/C8H13N3OS/c1-8(12)3-4-11(5-8)7(13-2)10-6-9/h12H,3-5H2,1-2H3. The van der Waals surface area contributed by atoms with Gasteiger partial charge in [0.05, 0.1) is 5.60 Å². The molecule has 1 aliphatic rings. The lowest BCUT2D eigenvalue weighted by molar-refractivity contribution is 0.0756. The molecule has 0 aromatic rings. The molecular weight excluding hydrogens is 186 g/mol. The van der Waals surface area contributed by atoms with E-state index >= 15 is 0 Å². The number of thioether (sulfide) groups is 1. The van der Waals surface area contributed by atoms with Crippen LogP contribution < -0.4 is 0 Å². The van der Waals surface area contributed by atoms with Gasteiger partial charge in [-0.25, -0.2) is 0 Å². The van der Waals surface area contributed by atoms with Crippen molar-refractivity contribution < 1.29 is 5.11 Å². The molecule has 1 atom stereocenters. The second-order valence-electron chi connectivity index (χ2n) is 3.37. The van der Waals surface area contributed by atoms with E-state index in [1.807, 2.05) is 11.2 Å². The van der Waals surface area contributed by atoms with Crippen molar-refractivity contribution >= 4 is 16.9 Å². The Morgan fingerprint density at radius 1 is 1.77 bits per heavy atom. The molecule has 1 rings (SSSR count). The summed E-state index contributed by atoms with van der Waals surface area (Å²) in [6.45, 7) is 3.14. The minimum absolute atomic E-state index is 0.564. The number of nitrogens with zero attached hydrogens (tertiary/aromatic N) is 3. The first-order chi connectivity index (χ1) is 6.09. The molecule has 13 heavy (non-hydrogen) atoms. The second-order valence-corrected chi connectivity index (χ2v) is 4.14. The van der Waals surface area contributed by atoms with Gasteiger partial charge in [-0.2, -0.15) is 5.26 Å². The van der Waals surface area contributed by atoms with Crippen LogP contribution in [0.2, 0.25) is 0 Å². The molecule has 1 N–H and O–H groups in total. The smallest absolute Gasteiger partial charge is 0.208 e. The van der Waals surface area contributed by atoms with Gasteiger partial charge in [0.15, 0.2) is 5.17 Å². The van der Waals surface area contributed by atoms with E-state index in [2.05, 4.69) is 4.99 Å². The van der Waals surface area contributed by atoms with Gasteiger partial charge in [-0.1, -0.05) is 11.8 Å². The van der Waals surface area contributed by atoms with Crippen molar-refractivity contribution in [3.63, 3.8) is 0 Å². The van der Waals surface area contributed by atoms with Crippen molar-refractivity contribution in [2.24, 2.45) is 4.99 Å². The number of amidine groups is 1. The zero-order valence-corrected chi connectivity index (χ0v) is 8.63. The highest BCUT2D eigenvalue weighted by Crippen LogP contribution is 2.22. The molecule has 1 aliphatic heterocycles. The largest absolute Gasteiger partial charge is 0.388 e. The van der Waals surface area contributed by atoms with E-state index in [4.69, 9.17) is 5.26 Å². The highest BCUT2D eigenvalue weighted by atomic mass is 32.2. The van der Waals surface area contributed by atoms with E-state index in [9.17, 15) is 5.11 Å². The van der Waals surface area contributed by atoms with Crippen LogP contribution in [0.25, 0.3) is 0 Å². The number of hydrogen-bond donors (Lipinski definition) is 1. The lowest BCUT2D eigenvalue weighted by atomic mass is 10.1. The molecule has 1 saturated heterocycles. The van der Waals surface area contributed by atoms with Gasteiger partial charge in [-0.05, 0) is 19.6 Å². The van der Waals surface area contributed by atoms with Crippen LogP contribution in [0.4, 0.5) is 0 Å². The number of aliphatic hydroxyl groups is 1. The predicted octanol–water partition coefficient (Wildman–Crippen LogP) is 0.643. The Kier molecular flexibility index (Phi) is 3.17. The Bertz CT molecular complexity index is 257. The molecule has 4 nitrogen and oxygen atoms in total. The van der Waals surface area contributed by atoms with Crippen molar-refractivity contribution in [1.82, 2.24) is 4.90 Å². The lowest BCUT2D eigenvalue weighted by Crippen LogP contribution is -2.32. The SMILES string of the molecule is CSC(=NC#N)N1CCC(C)(O)C1. The van der Waals surface area contributed by atoms with Gasteiger partial charge in [0, 0.05) is 13.1 Å².